The molecule has 0 saturated heterocycles. The van der Waals surface area contributed by atoms with Crippen LogP contribution in [0.2, 0.25) is 0 Å². The Morgan fingerprint density at radius 2 is 1.15 bits per heavy atom. The van der Waals surface area contributed by atoms with Crippen LogP contribution in [0, 0.1) is 0 Å². The molecule has 0 aliphatic carbocycles. The highest BCUT2D eigenvalue weighted by atomic mass is 15.9. The van der Waals surface area contributed by atoms with Crippen molar-refractivity contribution in [1.82, 2.24) is 9.69 Å². The van der Waals surface area contributed by atoms with Gasteiger partial charge in [0.25, 0.3) is 0 Å². The lowest BCUT2D eigenvalue weighted by Crippen LogP contribution is -2.40. The zero-order valence-electron chi connectivity index (χ0n) is 24.2. The van der Waals surface area contributed by atoms with Gasteiger partial charge in [0.15, 0.2) is 0 Å². The fourth-order valence-electron chi connectivity index (χ4n) is 5.93. The molecule has 2 aliphatic heterocycles. The van der Waals surface area contributed by atoms with Gasteiger partial charge in [-0.1, -0.05) is 77.9 Å². The first-order chi connectivity index (χ1) is 19.1. The first kappa shape index (κ1) is 24.6. The Balaban J connectivity index is 1.47. The Kier molecular flexibility index (Phi) is 5.24. The number of anilines is 3. The molecular formula is C36H36N4. The Hall–Kier alpha value is -4.44. The molecular weight excluding hydrogens is 488 g/mol. The predicted molar refractivity (Wildman–Crippen MR) is 169 cm³/mol. The third-order valence-corrected chi connectivity index (χ3v) is 8.15. The maximum absolute atomic E-state index is 2.45. The topological polar surface area (TPSA) is 14.7 Å². The van der Waals surface area contributed by atoms with E-state index in [0.717, 1.165) is 11.4 Å². The lowest BCUT2D eigenvalue weighted by atomic mass is 9.80. The minimum atomic E-state index is 0.0490. The lowest BCUT2D eigenvalue weighted by molar-refractivity contribution is 0.408. The van der Waals surface area contributed by atoms with Gasteiger partial charge < -0.3 is 4.57 Å². The summed E-state index contributed by atoms with van der Waals surface area (Å²) in [6.45, 7) is 13.8. The van der Waals surface area contributed by atoms with E-state index in [9.17, 15) is 0 Å². The van der Waals surface area contributed by atoms with Gasteiger partial charge in [0.05, 0.1) is 28.1 Å². The molecule has 0 amide bonds. The van der Waals surface area contributed by atoms with Gasteiger partial charge in [-0.2, -0.15) is 5.12 Å². The summed E-state index contributed by atoms with van der Waals surface area (Å²) in [5, 5.41) is 9.16. The molecule has 0 unspecified atom stereocenters. The van der Waals surface area contributed by atoms with Gasteiger partial charge in [-0.15, -0.1) is 0 Å². The van der Waals surface area contributed by atoms with Crippen molar-refractivity contribution in [3.63, 3.8) is 0 Å². The van der Waals surface area contributed by atoms with Crippen molar-refractivity contribution in [3.8, 4) is 5.69 Å². The number of allylic oxidation sites excluding steroid dienone is 2. The molecule has 3 heterocycles. The number of aromatic nitrogens is 1. The van der Waals surface area contributed by atoms with E-state index in [2.05, 4.69) is 171 Å². The van der Waals surface area contributed by atoms with Gasteiger partial charge in [0, 0.05) is 28.9 Å². The van der Waals surface area contributed by atoms with Crippen molar-refractivity contribution in [1.29, 1.82) is 0 Å². The number of hydrazine groups is 2. The van der Waals surface area contributed by atoms with Gasteiger partial charge >= 0.3 is 0 Å². The van der Waals surface area contributed by atoms with Crippen LogP contribution >= 0.6 is 0 Å². The van der Waals surface area contributed by atoms with Gasteiger partial charge in [0.2, 0.25) is 0 Å². The SMILES string of the molecule is CC(C)(C)c1cc(-n2c3ccccc3c3cc(N4c5ccccc5N5C=CC=CN54)ccc32)cc(C(C)(C)C)c1. The minimum absolute atomic E-state index is 0.0490. The van der Waals surface area contributed by atoms with E-state index in [0.29, 0.717) is 0 Å². The molecule has 0 spiro atoms. The van der Waals surface area contributed by atoms with E-state index in [1.165, 1.54) is 44.3 Å². The fourth-order valence-corrected chi connectivity index (χ4v) is 5.93. The molecule has 0 atom stereocenters. The number of rotatable bonds is 2. The summed E-state index contributed by atoms with van der Waals surface area (Å²) in [5.74, 6) is 0. The standard InChI is InChI=1S/C36H36N4/c1-35(2,3)25-21-26(36(4,5)6)23-28(22-25)39-31-14-8-7-13-29(31)30-24-27(17-18-32(30)39)40-34-16-10-9-15-33(34)37-19-11-12-20-38(37)40/h7-24H,1-6H3. The fraction of sp³-hybridized carbons (Fsp3) is 0.222. The van der Waals surface area contributed by atoms with E-state index >= 15 is 0 Å². The smallest absolute Gasteiger partial charge is 0.0909 e. The summed E-state index contributed by atoms with van der Waals surface area (Å²) in [6, 6.07) is 31.4. The molecule has 0 saturated carbocycles. The van der Waals surface area contributed by atoms with Crippen LogP contribution in [0.5, 0.6) is 0 Å². The van der Waals surface area contributed by atoms with Crippen LogP contribution in [0.3, 0.4) is 0 Å². The highest BCUT2D eigenvalue weighted by Gasteiger charge is 2.33. The van der Waals surface area contributed by atoms with Crippen LogP contribution in [0.1, 0.15) is 52.7 Å². The second-order valence-corrected chi connectivity index (χ2v) is 13.0. The monoisotopic (exact) mass is 524 g/mol. The quantitative estimate of drug-likeness (QED) is 0.228. The first-order valence-electron chi connectivity index (χ1n) is 14.1. The van der Waals surface area contributed by atoms with E-state index in [-0.39, 0.29) is 10.8 Å². The Morgan fingerprint density at radius 3 is 1.88 bits per heavy atom. The molecule has 4 heteroatoms. The summed E-state index contributed by atoms with van der Waals surface area (Å²) in [7, 11) is 0. The molecule has 7 rings (SSSR count). The van der Waals surface area contributed by atoms with Gasteiger partial charge in [0.1, 0.15) is 0 Å². The molecule has 5 aromatic rings. The van der Waals surface area contributed by atoms with Gasteiger partial charge in [-0.05, 0) is 82.6 Å². The molecule has 0 radical (unpaired) electrons. The molecule has 200 valence electrons. The molecule has 2 aliphatic rings. The predicted octanol–water partition coefficient (Wildman–Crippen LogP) is 9.51. The summed E-state index contributed by atoms with van der Waals surface area (Å²) in [5.41, 5.74) is 9.93. The number of hydrogen-bond acceptors (Lipinski definition) is 3. The maximum atomic E-state index is 2.45. The highest BCUT2D eigenvalue weighted by molar-refractivity contribution is 6.10. The average molecular weight is 525 g/mol. The molecule has 4 nitrogen and oxygen atoms in total. The number of benzene rings is 4. The van der Waals surface area contributed by atoms with Crippen LogP contribution in [0.4, 0.5) is 17.1 Å². The third-order valence-electron chi connectivity index (χ3n) is 8.15. The largest absolute Gasteiger partial charge is 0.309 e. The van der Waals surface area contributed by atoms with Crippen molar-refractivity contribution in [3.05, 3.63) is 121 Å². The summed E-state index contributed by atoms with van der Waals surface area (Å²) in [4.78, 5) is 0. The molecule has 0 bridgehead atoms. The molecule has 0 fully saturated rings. The van der Waals surface area contributed by atoms with Crippen molar-refractivity contribution < 1.29 is 0 Å². The number of nitrogens with zero attached hydrogens (tertiary/aromatic N) is 4. The third kappa shape index (κ3) is 3.74. The molecule has 40 heavy (non-hydrogen) atoms. The van der Waals surface area contributed by atoms with E-state index < -0.39 is 0 Å². The number of fused-ring (bicyclic) bond motifs is 6. The van der Waals surface area contributed by atoms with E-state index in [4.69, 9.17) is 0 Å². The highest BCUT2D eigenvalue weighted by Crippen LogP contribution is 2.46. The van der Waals surface area contributed by atoms with Crippen LogP contribution in [0.15, 0.2) is 109 Å². The van der Waals surface area contributed by atoms with E-state index in [1.807, 2.05) is 0 Å². The van der Waals surface area contributed by atoms with Crippen molar-refractivity contribution in [2.24, 2.45) is 0 Å². The normalized spacial score (nSPS) is 14.9. The Bertz CT molecular complexity index is 1810. The van der Waals surface area contributed by atoms with Crippen LogP contribution in [-0.4, -0.2) is 9.69 Å². The molecule has 4 aromatic carbocycles. The zero-order chi connectivity index (χ0) is 27.8. The number of hydrogen-bond donors (Lipinski definition) is 0. The van der Waals surface area contributed by atoms with Gasteiger partial charge in [-0.3, -0.25) is 0 Å². The Morgan fingerprint density at radius 1 is 0.525 bits per heavy atom. The zero-order valence-corrected chi connectivity index (χ0v) is 24.2. The van der Waals surface area contributed by atoms with E-state index in [1.54, 1.807) is 0 Å². The lowest BCUT2D eigenvalue weighted by Gasteiger charge is -2.34. The maximum Gasteiger partial charge on any atom is 0.0909 e. The van der Waals surface area contributed by atoms with Crippen molar-refractivity contribution >= 4 is 38.9 Å². The molecule has 1 aromatic heterocycles. The second-order valence-electron chi connectivity index (χ2n) is 13.0. The Labute approximate surface area is 237 Å². The van der Waals surface area contributed by atoms with Crippen LogP contribution < -0.4 is 10.0 Å². The number of para-hydroxylation sites is 3. The van der Waals surface area contributed by atoms with Crippen LogP contribution in [-0.2, 0) is 10.8 Å². The van der Waals surface area contributed by atoms with Gasteiger partial charge in [-0.25, -0.2) is 10.0 Å². The summed E-state index contributed by atoms with van der Waals surface area (Å²) in [6.07, 6.45) is 8.37. The second kappa shape index (κ2) is 8.53. The minimum Gasteiger partial charge on any atom is -0.309 e. The molecule has 0 N–H and O–H groups in total. The summed E-state index contributed by atoms with van der Waals surface area (Å²) >= 11 is 0. The first-order valence-corrected chi connectivity index (χ1v) is 14.1. The average Bonchev–Trinajstić information content (AvgIpc) is 3.44. The van der Waals surface area contributed by atoms with Crippen LogP contribution in [0.25, 0.3) is 27.5 Å². The van der Waals surface area contributed by atoms with Crippen molar-refractivity contribution in [2.45, 2.75) is 52.4 Å². The summed E-state index contributed by atoms with van der Waals surface area (Å²) < 4.78 is 2.45. The van der Waals surface area contributed by atoms with Crippen molar-refractivity contribution in [2.75, 3.05) is 10.0 Å².